The lowest BCUT2D eigenvalue weighted by atomic mass is 10.1. The van der Waals surface area contributed by atoms with Crippen molar-refractivity contribution < 1.29 is 19.1 Å². The second kappa shape index (κ2) is 4.79. The molecule has 80 valence electrons. The SMILES string of the molecule is COc1cc(C(C)=O)ccc1OC(=O)Cl. The van der Waals surface area contributed by atoms with Gasteiger partial charge >= 0.3 is 5.43 Å². The molecule has 0 N–H and O–H groups in total. The number of ketones is 1. The molecule has 0 aliphatic carbocycles. The zero-order valence-corrected chi connectivity index (χ0v) is 9.00. The Morgan fingerprint density at radius 3 is 2.40 bits per heavy atom. The number of rotatable bonds is 3. The molecule has 0 heterocycles. The monoisotopic (exact) mass is 228 g/mol. The van der Waals surface area contributed by atoms with E-state index in [1.807, 2.05) is 0 Å². The van der Waals surface area contributed by atoms with E-state index in [0.717, 1.165) is 0 Å². The van der Waals surface area contributed by atoms with Crippen molar-refractivity contribution in [3.63, 3.8) is 0 Å². The fourth-order valence-electron chi connectivity index (χ4n) is 1.06. The molecule has 0 bridgehead atoms. The molecule has 0 atom stereocenters. The summed E-state index contributed by atoms with van der Waals surface area (Å²) in [4.78, 5) is 21.6. The second-order valence-corrected chi connectivity index (χ2v) is 3.07. The van der Waals surface area contributed by atoms with Crippen molar-refractivity contribution in [2.75, 3.05) is 7.11 Å². The molecule has 0 aromatic heterocycles. The van der Waals surface area contributed by atoms with Crippen molar-refractivity contribution in [2.24, 2.45) is 0 Å². The molecule has 0 unspecified atom stereocenters. The summed E-state index contributed by atoms with van der Waals surface area (Å²) in [6, 6.07) is 4.47. The van der Waals surface area contributed by atoms with E-state index in [-0.39, 0.29) is 17.3 Å². The van der Waals surface area contributed by atoms with E-state index in [0.29, 0.717) is 5.56 Å². The van der Waals surface area contributed by atoms with Gasteiger partial charge in [0.15, 0.2) is 17.3 Å². The first kappa shape index (κ1) is 11.5. The highest BCUT2D eigenvalue weighted by Gasteiger charge is 2.10. The first-order chi connectivity index (χ1) is 7.04. The molecule has 4 nitrogen and oxygen atoms in total. The summed E-state index contributed by atoms with van der Waals surface area (Å²) in [5, 5.41) is 0. The minimum absolute atomic E-state index is 0.1000. The molecule has 0 aliphatic rings. The second-order valence-electron chi connectivity index (χ2n) is 2.76. The lowest BCUT2D eigenvalue weighted by molar-refractivity contribution is 0.101. The maximum Gasteiger partial charge on any atom is 0.409 e. The molecule has 0 fully saturated rings. The van der Waals surface area contributed by atoms with Gasteiger partial charge in [-0.25, -0.2) is 4.79 Å². The predicted molar refractivity (Wildman–Crippen MR) is 54.9 cm³/mol. The van der Waals surface area contributed by atoms with E-state index >= 15 is 0 Å². The lowest BCUT2D eigenvalue weighted by Crippen LogP contribution is -2.00. The van der Waals surface area contributed by atoms with Gasteiger partial charge in [0.25, 0.3) is 0 Å². The van der Waals surface area contributed by atoms with Crippen LogP contribution in [0, 0.1) is 0 Å². The average Bonchev–Trinajstić information content (AvgIpc) is 2.17. The smallest absolute Gasteiger partial charge is 0.409 e. The minimum atomic E-state index is -0.955. The third-order valence-corrected chi connectivity index (χ3v) is 1.84. The van der Waals surface area contributed by atoms with E-state index in [2.05, 4.69) is 4.74 Å². The minimum Gasteiger partial charge on any atom is -0.493 e. The summed E-state index contributed by atoms with van der Waals surface area (Å²) in [7, 11) is 1.41. The highest BCUT2D eigenvalue weighted by Crippen LogP contribution is 2.28. The molecular formula is C10H9ClO4. The van der Waals surface area contributed by atoms with Crippen LogP contribution in [0.1, 0.15) is 17.3 Å². The van der Waals surface area contributed by atoms with E-state index in [4.69, 9.17) is 16.3 Å². The van der Waals surface area contributed by atoms with Crippen LogP contribution in [0.2, 0.25) is 0 Å². The zero-order valence-electron chi connectivity index (χ0n) is 8.24. The molecule has 5 heteroatoms. The number of Topliss-reactive ketones (excluding diaryl/α,β-unsaturated/α-hetero) is 1. The van der Waals surface area contributed by atoms with E-state index in [9.17, 15) is 9.59 Å². The molecule has 0 spiro atoms. The van der Waals surface area contributed by atoms with Gasteiger partial charge in [-0.1, -0.05) is 0 Å². The Kier molecular flexibility index (Phi) is 3.68. The molecule has 0 amide bonds. The summed E-state index contributed by atoms with van der Waals surface area (Å²) in [5.74, 6) is 0.372. The van der Waals surface area contributed by atoms with Gasteiger partial charge in [-0.05, 0) is 25.1 Å². The van der Waals surface area contributed by atoms with Crippen LogP contribution in [0.4, 0.5) is 4.79 Å². The number of ether oxygens (including phenoxy) is 2. The average molecular weight is 229 g/mol. The summed E-state index contributed by atoms with van der Waals surface area (Å²) in [6.45, 7) is 1.43. The van der Waals surface area contributed by atoms with Gasteiger partial charge in [0.2, 0.25) is 0 Å². The predicted octanol–water partition coefficient (Wildman–Crippen LogP) is 2.64. The molecule has 1 aromatic rings. The lowest BCUT2D eigenvalue weighted by Gasteiger charge is -2.07. The van der Waals surface area contributed by atoms with Gasteiger partial charge in [0.05, 0.1) is 7.11 Å². The quantitative estimate of drug-likeness (QED) is 0.590. The number of hydrogen-bond acceptors (Lipinski definition) is 4. The largest absolute Gasteiger partial charge is 0.493 e. The number of hydrogen-bond donors (Lipinski definition) is 0. The number of carbonyl (C=O) groups is 2. The fourth-order valence-corrected chi connectivity index (χ4v) is 1.14. The Balaban J connectivity index is 3.08. The van der Waals surface area contributed by atoms with Crippen molar-refractivity contribution in [2.45, 2.75) is 6.92 Å². The van der Waals surface area contributed by atoms with Crippen molar-refractivity contribution in [3.05, 3.63) is 23.8 Å². The number of benzene rings is 1. The van der Waals surface area contributed by atoms with Gasteiger partial charge in [0, 0.05) is 17.2 Å². The van der Waals surface area contributed by atoms with Crippen molar-refractivity contribution in [3.8, 4) is 11.5 Å². The topological polar surface area (TPSA) is 52.6 Å². The summed E-state index contributed by atoms with van der Waals surface area (Å²) in [6.07, 6.45) is 0. The first-order valence-electron chi connectivity index (χ1n) is 4.11. The third kappa shape index (κ3) is 2.95. The van der Waals surface area contributed by atoms with Gasteiger partial charge in [-0.15, -0.1) is 0 Å². The van der Waals surface area contributed by atoms with Crippen LogP contribution >= 0.6 is 11.6 Å². The van der Waals surface area contributed by atoms with Crippen molar-refractivity contribution >= 4 is 22.8 Å². The van der Waals surface area contributed by atoms with Crippen LogP contribution in [0.25, 0.3) is 0 Å². The van der Waals surface area contributed by atoms with Crippen LogP contribution in [0.3, 0.4) is 0 Å². The number of methoxy groups -OCH3 is 1. The summed E-state index contributed by atoms with van der Waals surface area (Å²) in [5.41, 5.74) is -0.481. The molecule has 0 saturated heterocycles. The zero-order chi connectivity index (χ0) is 11.4. The maximum atomic E-state index is 11.1. The summed E-state index contributed by atoms with van der Waals surface area (Å²) >= 11 is 5.06. The third-order valence-electron chi connectivity index (χ3n) is 1.76. The first-order valence-corrected chi connectivity index (χ1v) is 4.48. The van der Waals surface area contributed by atoms with Crippen molar-refractivity contribution in [1.82, 2.24) is 0 Å². The Morgan fingerprint density at radius 1 is 1.27 bits per heavy atom. The molecule has 15 heavy (non-hydrogen) atoms. The highest BCUT2D eigenvalue weighted by molar-refractivity contribution is 6.61. The van der Waals surface area contributed by atoms with Crippen LogP contribution in [0.5, 0.6) is 11.5 Å². The Morgan fingerprint density at radius 2 is 1.93 bits per heavy atom. The Hall–Kier alpha value is -1.55. The molecular weight excluding hydrogens is 220 g/mol. The Labute approximate surface area is 91.7 Å². The molecule has 0 aliphatic heterocycles. The van der Waals surface area contributed by atoms with Crippen LogP contribution < -0.4 is 9.47 Å². The van der Waals surface area contributed by atoms with Crippen LogP contribution in [0.15, 0.2) is 18.2 Å². The van der Waals surface area contributed by atoms with E-state index in [1.54, 1.807) is 0 Å². The van der Waals surface area contributed by atoms with Crippen molar-refractivity contribution in [1.29, 1.82) is 0 Å². The van der Waals surface area contributed by atoms with Crippen LogP contribution in [-0.4, -0.2) is 18.3 Å². The standard InChI is InChI=1S/C10H9ClO4/c1-6(12)7-3-4-8(15-10(11)13)9(5-7)14-2/h3-5H,1-2H3. The fraction of sp³-hybridized carbons (Fsp3) is 0.200. The molecule has 0 radical (unpaired) electrons. The molecule has 0 saturated carbocycles. The van der Waals surface area contributed by atoms with E-state index < -0.39 is 5.43 Å². The van der Waals surface area contributed by atoms with Gasteiger partial charge in [0.1, 0.15) is 0 Å². The summed E-state index contributed by atoms with van der Waals surface area (Å²) < 4.78 is 9.61. The van der Waals surface area contributed by atoms with Crippen LogP contribution in [-0.2, 0) is 0 Å². The van der Waals surface area contributed by atoms with Gasteiger partial charge in [-0.2, -0.15) is 0 Å². The Bertz CT molecular complexity index is 400. The normalized spacial score (nSPS) is 9.53. The maximum absolute atomic E-state index is 11.1. The highest BCUT2D eigenvalue weighted by atomic mass is 35.5. The number of halogens is 1. The molecule has 1 rings (SSSR count). The van der Waals surface area contributed by atoms with Gasteiger partial charge in [-0.3, -0.25) is 4.79 Å². The number of carbonyl (C=O) groups excluding carboxylic acids is 2. The van der Waals surface area contributed by atoms with Gasteiger partial charge < -0.3 is 9.47 Å². The molecule has 1 aromatic carbocycles. The van der Waals surface area contributed by atoms with E-state index in [1.165, 1.54) is 32.2 Å².